The Morgan fingerprint density at radius 3 is 2.72 bits per heavy atom. The molecule has 0 unspecified atom stereocenters. The van der Waals surface area contributed by atoms with E-state index >= 15 is 0 Å². The average Bonchev–Trinajstić information content (AvgIpc) is 3.31. The molecule has 0 saturated heterocycles. The minimum absolute atomic E-state index is 0.00549. The van der Waals surface area contributed by atoms with Crippen LogP contribution in [0.5, 0.6) is 5.75 Å². The Kier molecular flexibility index (Phi) is 5.58. The first-order valence-electron chi connectivity index (χ1n) is 8.94. The van der Waals surface area contributed by atoms with Crippen molar-refractivity contribution in [3.8, 4) is 5.75 Å². The van der Waals surface area contributed by atoms with Gasteiger partial charge in [0.1, 0.15) is 5.75 Å². The van der Waals surface area contributed by atoms with E-state index in [-0.39, 0.29) is 31.1 Å². The van der Waals surface area contributed by atoms with E-state index in [1.807, 2.05) is 31.2 Å². The van der Waals surface area contributed by atoms with Crippen LogP contribution in [-0.4, -0.2) is 53.7 Å². The van der Waals surface area contributed by atoms with E-state index in [1.165, 1.54) is 12.8 Å². The Bertz CT molecular complexity index is 624. The largest absolute Gasteiger partial charge is 0.484 e. The topological polar surface area (TPSA) is 78.9 Å². The molecule has 2 fully saturated rings. The highest BCUT2D eigenvalue weighted by Gasteiger charge is 2.37. The van der Waals surface area contributed by atoms with Gasteiger partial charge in [-0.15, -0.1) is 0 Å². The molecular formula is C19H26N2O4. The van der Waals surface area contributed by atoms with Crippen LogP contribution in [0.2, 0.25) is 0 Å². The van der Waals surface area contributed by atoms with Gasteiger partial charge < -0.3 is 15.2 Å². The molecule has 6 nitrogen and oxygen atoms in total. The van der Waals surface area contributed by atoms with Crippen molar-refractivity contribution >= 4 is 11.9 Å². The maximum Gasteiger partial charge on any atom is 0.317 e. The maximum absolute atomic E-state index is 12.0. The molecule has 2 aliphatic carbocycles. The SMILES string of the molecule is Cc1cccc(OCC(=O)NC2CC(N(CC(=O)O)CC3CC3)C2)c1. The number of carboxylic acid groups (broad SMARTS) is 1. The Hall–Kier alpha value is -2.08. The summed E-state index contributed by atoms with van der Waals surface area (Å²) in [5.74, 6) is 0.450. The summed E-state index contributed by atoms with van der Waals surface area (Å²) in [4.78, 5) is 25.1. The van der Waals surface area contributed by atoms with Gasteiger partial charge >= 0.3 is 5.97 Å². The first kappa shape index (κ1) is 17.7. The quantitative estimate of drug-likeness (QED) is 0.713. The minimum atomic E-state index is -0.778. The van der Waals surface area contributed by atoms with Gasteiger partial charge in [0.05, 0.1) is 6.54 Å². The number of aliphatic carboxylic acids is 1. The predicted molar refractivity (Wildman–Crippen MR) is 93.6 cm³/mol. The zero-order valence-electron chi connectivity index (χ0n) is 14.6. The van der Waals surface area contributed by atoms with Crippen LogP contribution in [0.4, 0.5) is 0 Å². The zero-order chi connectivity index (χ0) is 17.8. The first-order valence-corrected chi connectivity index (χ1v) is 8.94. The van der Waals surface area contributed by atoms with E-state index in [1.54, 1.807) is 0 Å². The van der Waals surface area contributed by atoms with E-state index in [2.05, 4.69) is 10.2 Å². The summed E-state index contributed by atoms with van der Waals surface area (Å²) in [6.07, 6.45) is 4.05. The summed E-state index contributed by atoms with van der Waals surface area (Å²) in [5, 5.41) is 12.0. The lowest BCUT2D eigenvalue weighted by atomic mass is 9.85. The monoisotopic (exact) mass is 346 g/mol. The fourth-order valence-corrected chi connectivity index (χ4v) is 3.28. The number of carbonyl (C=O) groups is 2. The van der Waals surface area contributed by atoms with Gasteiger partial charge in [-0.25, -0.2) is 0 Å². The second-order valence-corrected chi connectivity index (χ2v) is 7.26. The van der Waals surface area contributed by atoms with Crippen molar-refractivity contribution in [2.24, 2.45) is 5.92 Å². The van der Waals surface area contributed by atoms with E-state index in [0.717, 1.165) is 24.9 Å². The molecule has 0 heterocycles. The molecule has 0 bridgehead atoms. The number of ether oxygens (including phenoxy) is 1. The van der Waals surface area contributed by atoms with E-state index in [4.69, 9.17) is 9.84 Å². The Morgan fingerprint density at radius 1 is 1.32 bits per heavy atom. The van der Waals surface area contributed by atoms with Crippen LogP contribution in [0.25, 0.3) is 0 Å². The van der Waals surface area contributed by atoms with Gasteiger partial charge in [0.25, 0.3) is 5.91 Å². The van der Waals surface area contributed by atoms with Gasteiger partial charge in [-0.05, 0) is 56.2 Å². The zero-order valence-corrected chi connectivity index (χ0v) is 14.6. The van der Waals surface area contributed by atoms with Gasteiger partial charge in [0, 0.05) is 18.6 Å². The van der Waals surface area contributed by atoms with Gasteiger partial charge in [0.2, 0.25) is 0 Å². The third-order valence-corrected chi connectivity index (χ3v) is 4.88. The Morgan fingerprint density at radius 2 is 2.08 bits per heavy atom. The Balaban J connectivity index is 1.38. The van der Waals surface area contributed by atoms with Crippen LogP contribution in [0, 0.1) is 12.8 Å². The van der Waals surface area contributed by atoms with E-state index in [9.17, 15) is 9.59 Å². The number of nitrogens with zero attached hydrogens (tertiary/aromatic N) is 1. The first-order chi connectivity index (χ1) is 12.0. The molecule has 1 amide bonds. The number of hydrogen-bond acceptors (Lipinski definition) is 4. The second kappa shape index (κ2) is 7.87. The van der Waals surface area contributed by atoms with Crippen molar-refractivity contribution in [2.75, 3.05) is 19.7 Å². The predicted octanol–water partition coefficient (Wildman–Crippen LogP) is 1.82. The van der Waals surface area contributed by atoms with Crippen molar-refractivity contribution in [1.29, 1.82) is 0 Å². The maximum atomic E-state index is 12.0. The van der Waals surface area contributed by atoms with Crippen molar-refractivity contribution in [1.82, 2.24) is 10.2 Å². The smallest absolute Gasteiger partial charge is 0.317 e. The highest BCUT2D eigenvalue weighted by Crippen LogP contribution is 2.33. The lowest BCUT2D eigenvalue weighted by Crippen LogP contribution is -2.55. The number of nitrogens with one attached hydrogen (secondary N) is 1. The number of carbonyl (C=O) groups excluding carboxylic acids is 1. The lowest BCUT2D eigenvalue weighted by Gasteiger charge is -2.42. The summed E-state index contributed by atoms with van der Waals surface area (Å²) in [5.41, 5.74) is 1.09. The van der Waals surface area contributed by atoms with Crippen LogP contribution in [0.1, 0.15) is 31.2 Å². The number of benzene rings is 1. The number of hydrogen-bond donors (Lipinski definition) is 2. The van der Waals surface area contributed by atoms with Crippen molar-refractivity contribution in [3.05, 3.63) is 29.8 Å². The third-order valence-electron chi connectivity index (χ3n) is 4.88. The van der Waals surface area contributed by atoms with Crippen LogP contribution < -0.4 is 10.1 Å². The highest BCUT2D eigenvalue weighted by molar-refractivity contribution is 5.78. The molecule has 3 rings (SSSR count). The Labute approximate surface area is 148 Å². The lowest BCUT2D eigenvalue weighted by molar-refractivity contribution is -0.140. The van der Waals surface area contributed by atoms with Gasteiger partial charge in [-0.3, -0.25) is 14.5 Å². The highest BCUT2D eigenvalue weighted by atomic mass is 16.5. The third kappa shape index (κ3) is 5.46. The molecule has 0 aliphatic heterocycles. The van der Waals surface area contributed by atoms with Gasteiger partial charge in [-0.1, -0.05) is 12.1 Å². The summed E-state index contributed by atoms with van der Waals surface area (Å²) >= 11 is 0. The number of aryl methyl sites for hydroxylation is 1. The van der Waals surface area contributed by atoms with Crippen molar-refractivity contribution in [2.45, 2.75) is 44.7 Å². The molecule has 2 N–H and O–H groups in total. The number of carboxylic acids is 1. The van der Waals surface area contributed by atoms with Crippen LogP contribution in [0.3, 0.4) is 0 Å². The van der Waals surface area contributed by atoms with Crippen molar-refractivity contribution in [3.63, 3.8) is 0 Å². The summed E-state index contributed by atoms with van der Waals surface area (Å²) < 4.78 is 5.51. The minimum Gasteiger partial charge on any atom is -0.484 e. The number of amides is 1. The van der Waals surface area contributed by atoms with Crippen molar-refractivity contribution < 1.29 is 19.4 Å². The number of rotatable bonds is 9. The molecule has 0 radical (unpaired) electrons. The summed E-state index contributed by atoms with van der Waals surface area (Å²) in [6.45, 7) is 2.95. The standard InChI is InChI=1S/C19H26N2O4/c1-13-3-2-4-17(7-13)25-12-18(22)20-15-8-16(9-15)21(11-19(23)24)10-14-5-6-14/h2-4,7,14-16H,5-6,8-12H2,1H3,(H,20,22)(H,23,24). The van der Waals surface area contributed by atoms with Gasteiger partial charge in [0.15, 0.2) is 6.61 Å². The molecule has 25 heavy (non-hydrogen) atoms. The molecule has 0 aromatic heterocycles. The summed E-state index contributed by atoms with van der Waals surface area (Å²) in [7, 11) is 0. The van der Waals surface area contributed by atoms with E-state index in [0.29, 0.717) is 11.7 Å². The summed E-state index contributed by atoms with van der Waals surface area (Å²) in [6, 6.07) is 7.99. The average molecular weight is 346 g/mol. The molecule has 1 aromatic carbocycles. The molecule has 2 aliphatic rings. The molecule has 6 heteroatoms. The van der Waals surface area contributed by atoms with Gasteiger partial charge in [-0.2, -0.15) is 0 Å². The molecule has 0 spiro atoms. The van der Waals surface area contributed by atoms with Crippen LogP contribution >= 0.6 is 0 Å². The van der Waals surface area contributed by atoms with Crippen LogP contribution in [-0.2, 0) is 9.59 Å². The normalized spacial score (nSPS) is 22.3. The fourth-order valence-electron chi connectivity index (χ4n) is 3.28. The molecule has 2 saturated carbocycles. The van der Waals surface area contributed by atoms with Crippen LogP contribution in [0.15, 0.2) is 24.3 Å². The molecule has 1 aromatic rings. The second-order valence-electron chi connectivity index (χ2n) is 7.26. The molecule has 0 atom stereocenters. The fraction of sp³-hybridized carbons (Fsp3) is 0.579. The molecule has 136 valence electrons. The van der Waals surface area contributed by atoms with E-state index < -0.39 is 5.97 Å². The molecular weight excluding hydrogens is 320 g/mol.